The van der Waals surface area contributed by atoms with E-state index >= 15 is 0 Å². The minimum Gasteiger partial charge on any atom is -0.262 e. The fourth-order valence-electron chi connectivity index (χ4n) is 1.87. The number of hydrogen-bond donors (Lipinski definition) is 0. The third-order valence-corrected chi connectivity index (χ3v) is 3.50. The van der Waals surface area contributed by atoms with E-state index in [0.29, 0.717) is 0 Å². The topological polar surface area (TPSA) is 43.6 Å². The second-order valence-corrected chi connectivity index (χ2v) is 5.40. The Hall–Kier alpha value is -1.36. The fourth-order valence-corrected chi connectivity index (χ4v) is 2.26. The summed E-state index contributed by atoms with van der Waals surface area (Å²) >= 11 is 1.83. The van der Waals surface area contributed by atoms with Gasteiger partial charge in [-0.2, -0.15) is 16.9 Å². The third-order valence-electron chi connectivity index (χ3n) is 2.89. The summed E-state index contributed by atoms with van der Waals surface area (Å²) in [6.07, 6.45) is 9.93. The van der Waals surface area contributed by atoms with Crippen LogP contribution in [0.15, 0.2) is 24.5 Å². The molecule has 0 aliphatic rings. The first-order chi connectivity index (χ1) is 9.35. The van der Waals surface area contributed by atoms with Gasteiger partial charge in [-0.05, 0) is 24.8 Å². The van der Waals surface area contributed by atoms with Gasteiger partial charge in [0.15, 0.2) is 5.82 Å². The van der Waals surface area contributed by atoms with E-state index in [1.54, 1.807) is 6.20 Å². The van der Waals surface area contributed by atoms with Gasteiger partial charge >= 0.3 is 0 Å². The molecule has 5 heteroatoms. The minimum atomic E-state index is 0.940. The highest BCUT2D eigenvalue weighted by molar-refractivity contribution is 7.98. The number of nitrogens with zero attached hydrogens (tertiary/aromatic N) is 4. The molecule has 0 spiro atoms. The lowest BCUT2D eigenvalue weighted by Gasteiger charge is -2.03. The van der Waals surface area contributed by atoms with Gasteiger partial charge in [-0.25, -0.2) is 9.67 Å². The first-order valence-corrected chi connectivity index (χ1v) is 8.08. The Morgan fingerprint density at radius 2 is 2.21 bits per heavy atom. The second-order valence-electron chi connectivity index (χ2n) is 4.41. The minimum absolute atomic E-state index is 0.940. The Morgan fingerprint density at radius 3 is 2.89 bits per heavy atom. The van der Waals surface area contributed by atoms with Crippen LogP contribution in [-0.4, -0.2) is 31.8 Å². The molecule has 0 fully saturated rings. The maximum Gasteiger partial charge on any atom is 0.151 e. The van der Waals surface area contributed by atoms with Gasteiger partial charge in [0.2, 0.25) is 0 Å². The molecule has 0 aliphatic heterocycles. The number of unbranched alkanes of at least 4 members (excludes halogenated alkanes) is 1. The lowest BCUT2D eigenvalue weighted by Crippen LogP contribution is -2.04. The SMILES string of the molecule is CCCCc1nc(CCSC)n(-c2cccnc2)n1. The molecule has 19 heavy (non-hydrogen) atoms. The largest absolute Gasteiger partial charge is 0.262 e. The maximum absolute atomic E-state index is 4.67. The lowest BCUT2D eigenvalue weighted by molar-refractivity contribution is 0.738. The van der Waals surface area contributed by atoms with Gasteiger partial charge in [0.1, 0.15) is 5.82 Å². The van der Waals surface area contributed by atoms with E-state index in [1.165, 1.54) is 6.42 Å². The van der Waals surface area contributed by atoms with Crippen LogP contribution >= 0.6 is 11.8 Å². The predicted octanol–water partition coefficient (Wildman–Crippen LogP) is 2.91. The zero-order valence-corrected chi connectivity index (χ0v) is 12.4. The highest BCUT2D eigenvalue weighted by Gasteiger charge is 2.11. The molecule has 0 aliphatic carbocycles. The predicted molar refractivity (Wildman–Crippen MR) is 79.9 cm³/mol. The summed E-state index contributed by atoms with van der Waals surface area (Å²) in [6, 6.07) is 3.95. The van der Waals surface area contributed by atoms with Crippen LogP contribution in [0.2, 0.25) is 0 Å². The first-order valence-electron chi connectivity index (χ1n) is 6.69. The van der Waals surface area contributed by atoms with Crippen LogP contribution < -0.4 is 0 Å². The molecule has 0 saturated carbocycles. The van der Waals surface area contributed by atoms with Crippen molar-refractivity contribution in [3.8, 4) is 5.69 Å². The highest BCUT2D eigenvalue weighted by Crippen LogP contribution is 2.12. The van der Waals surface area contributed by atoms with Crippen molar-refractivity contribution in [1.29, 1.82) is 0 Å². The fraction of sp³-hybridized carbons (Fsp3) is 0.500. The zero-order valence-electron chi connectivity index (χ0n) is 11.5. The average molecular weight is 276 g/mol. The van der Waals surface area contributed by atoms with Crippen LogP contribution in [-0.2, 0) is 12.8 Å². The van der Waals surface area contributed by atoms with Gasteiger partial charge in [-0.1, -0.05) is 13.3 Å². The van der Waals surface area contributed by atoms with E-state index in [2.05, 4.69) is 28.2 Å². The summed E-state index contributed by atoms with van der Waals surface area (Å²) in [5.74, 6) is 3.04. The molecule has 2 aromatic heterocycles. The summed E-state index contributed by atoms with van der Waals surface area (Å²) in [4.78, 5) is 8.83. The molecule has 102 valence electrons. The van der Waals surface area contributed by atoms with E-state index in [9.17, 15) is 0 Å². The van der Waals surface area contributed by atoms with E-state index in [-0.39, 0.29) is 0 Å². The molecular formula is C14H20N4S. The van der Waals surface area contributed by atoms with Crippen LogP contribution in [0.1, 0.15) is 31.4 Å². The molecule has 2 rings (SSSR count). The van der Waals surface area contributed by atoms with Gasteiger partial charge < -0.3 is 0 Å². The van der Waals surface area contributed by atoms with Crippen LogP contribution in [0.5, 0.6) is 0 Å². The molecule has 2 aromatic rings. The quantitative estimate of drug-likeness (QED) is 0.780. The van der Waals surface area contributed by atoms with Crippen molar-refractivity contribution in [1.82, 2.24) is 19.7 Å². The van der Waals surface area contributed by atoms with Crippen LogP contribution in [0.25, 0.3) is 5.69 Å². The summed E-state index contributed by atoms with van der Waals surface area (Å²) in [5.41, 5.74) is 0.994. The van der Waals surface area contributed by atoms with Crippen molar-refractivity contribution in [2.45, 2.75) is 32.6 Å². The smallest absolute Gasteiger partial charge is 0.151 e. The number of rotatable bonds is 7. The number of pyridine rings is 1. The Morgan fingerprint density at radius 1 is 1.32 bits per heavy atom. The average Bonchev–Trinajstić information content (AvgIpc) is 2.87. The molecule has 0 unspecified atom stereocenters. The van der Waals surface area contributed by atoms with Crippen LogP contribution in [0.3, 0.4) is 0 Å². The molecule has 0 amide bonds. The Labute approximate surface area is 118 Å². The first kappa shape index (κ1) is 14.1. The molecule has 0 N–H and O–H groups in total. The van der Waals surface area contributed by atoms with Gasteiger partial charge in [-0.15, -0.1) is 0 Å². The van der Waals surface area contributed by atoms with Crippen LogP contribution in [0, 0.1) is 0 Å². The molecule has 0 radical (unpaired) electrons. The zero-order chi connectivity index (χ0) is 13.5. The van der Waals surface area contributed by atoms with Crippen molar-refractivity contribution in [3.63, 3.8) is 0 Å². The van der Waals surface area contributed by atoms with Crippen molar-refractivity contribution >= 4 is 11.8 Å². The molecular weight excluding hydrogens is 256 g/mol. The normalized spacial score (nSPS) is 10.8. The standard InChI is InChI=1S/C14H20N4S/c1-3-4-7-13-16-14(8-10-19-2)18(17-13)12-6-5-9-15-11-12/h5-6,9,11H,3-4,7-8,10H2,1-2H3. The van der Waals surface area contributed by atoms with Gasteiger partial charge in [0, 0.05) is 24.8 Å². The number of thioether (sulfide) groups is 1. The number of hydrogen-bond acceptors (Lipinski definition) is 4. The van der Waals surface area contributed by atoms with E-state index < -0.39 is 0 Å². The molecule has 4 nitrogen and oxygen atoms in total. The second kappa shape index (κ2) is 7.28. The van der Waals surface area contributed by atoms with Crippen molar-refractivity contribution in [3.05, 3.63) is 36.2 Å². The Bertz CT molecular complexity index is 495. The summed E-state index contributed by atoms with van der Waals surface area (Å²) < 4.78 is 1.94. The Kier molecular flexibility index (Phi) is 5.39. The number of aromatic nitrogens is 4. The molecule has 0 atom stereocenters. The summed E-state index contributed by atoms with van der Waals surface area (Å²) in [6.45, 7) is 2.19. The van der Waals surface area contributed by atoms with E-state index in [1.807, 2.05) is 34.8 Å². The molecule has 2 heterocycles. The summed E-state index contributed by atoms with van der Waals surface area (Å²) in [5, 5.41) is 4.63. The highest BCUT2D eigenvalue weighted by atomic mass is 32.2. The van der Waals surface area contributed by atoms with Gasteiger partial charge in [0.25, 0.3) is 0 Å². The van der Waals surface area contributed by atoms with Gasteiger partial charge in [0.05, 0.1) is 11.9 Å². The molecule has 0 aromatic carbocycles. The molecule has 0 bridgehead atoms. The summed E-state index contributed by atoms with van der Waals surface area (Å²) in [7, 11) is 0. The van der Waals surface area contributed by atoms with E-state index in [4.69, 9.17) is 0 Å². The maximum atomic E-state index is 4.67. The van der Waals surface area contributed by atoms with Crippen molar-refractivity contribution < 1.29 is 0 Å². The molecule has 0 saturated heterocycles. The monoisotopic (exact) mass is 276 g/mol. The third kappa shape index (κ3) is 3.80. The van der Waals surface area contributed by atoms with Crippen LogP contribution in [0.4, 0.5) is 0 Å². The van der Waals surface area contributed by atoms with E-state index in [0.717, 1.165) is 42.4 Å². The lowest BCUT2D eigenvalue weighted by atomic mass is 10.2. The Balaban J connectivity index is 2.25. The number of aryl methyl sites for hydroxylation is 2. The van der Waals surface area contributed by atoms with Crippen molar-refractivity contribution in [2.75, 3.05) is 12.0 Å². The van der Waals surface area contributed by atoms with Gasteiger partial charge in [-0.3, -0.25) is 4.98 Å². The van der Waals surface area contributed by atoms with Crippen molar-refractivity contribution in [2.24, 2.45) is 0 Å².